The second-order valence-corrected chi connectivity index (χ2v) is 5.60. The standard InChI is InChI=1S/C20H19N3O2/c24-19(13-12-16-8-2-1-3-9-16)21-22-20(25)17-10-4-5-11-18(17)23-14-6-7-15-23/h1-11,14-15H,12-13H2,(H,21,24)(H,22,25). The highest BCUT2D eigenvalue weighted by molar-refractivity contribution is 5.98. The molecule has 1 aromatic heterocycles. The summed E-state index contributed by atoms with van der Waals surface area (Å²) in [5, 5.41) is 0. The Balaban J connectivity index is 1.57. The molecule has 0 radical (unpaired) electrons. The fraction of sp³-hybridized carbons (Fsp3) is 0.100. The van der Waals surface area contributed by atoms with Crippen molar-refractivity contribution >= 4 is 11.8 Å². The van der Waals surface area contributed by atoms with E-state index in [0.717, 1.165) is 11.3 Å². The van der Waals surface area contributed by atoms with Crippen molar-refractivity contribution in [2.45, 2.75) is 12.8 Å². The highest BCUT2D eigenvalue weighted by Crippen LogP contribution is 2.14. The molecule has 0 bridgehead atoms. The van der Waals surface area contributed by atoms with E-state index < -0.39 is 0 Å². The van der Waals surface area contributed by atoms with Crippen molar-refractivity contribution < 1.29 is 9.59 Å². The fourth-order valence-electron chi connectivity index (χ4n) is 2.54. The third-order valence-corrected chi connectivity index (χ3v) is 3.83. The molecule has 0 aliphatic carbocycles. The number of rotatable bonds is 5. The summed E-state index contributed by atoms with van der Waals surface area (Å²) >= 11 is 0. The number of nitrogens with zero attached hydrogens (tertiary/aromatic N) is 1. The Hall–Kier alpha value is -3.34. The van der Waals surface area contributed by atoms with Crippen LogP contribution < -0.4 is 10.9 Å². The van der Waals surface area contributed by atoms with Crippen LogP contribution in [0, 0.1) is 0 Å². The van der Waals surface area contributed by atoms with Gasteiger partial charge in [-0.25, -0.2) is 0 Å². The maximum Gasteiger partial charge on any atom is 0.271 e. The largest absolute Gasteiger partial charge is 0.323 e. The van der Waals surface area contributed by atoms with Gasteiger partial charge < -0.3 is 4.57 Å². The molecule has 5 heteroatoms. The van der Waals surface area contributed by atoms with Crippen LogP contribution in [0.1, 0.15) is 22.3 Å². The van der Waals surface area contributed by atoms with Crippen LogP contribution >= 0.6 is 0 Å². The van der Waals surface area contributed by atoms with Gasteiger partial charge in [0.25, 0.3) is 5.91 Å². The van der Waals surface area contributed by atoms with Crippen molar-refractivity contribution in [3.8, 4) is 5.69 Å². The highest BCUT2D eigenvalue weighted by atomic mass is 16.2. The number of hydrogen-bond acceptors (Lipinski definition) is 2. The molecule has 0 fully saturated rings. The zero-order chi connectivity index (χ0) is 17.5. The summed E-state index contributed by atoms with van der Waals surface area (Å²) in [5.74, 6) is -0.576. The van der Waals surface area contributed by atoms with Crippen LogP contribution in [0.25, 0.3) is 5.69 Å². The molecule has 3 aromatic rings. The van der Waals surface area contributed by atoms with Crippen LogP contribution in [0.4, 0.5) is 0 Å². The Morgan fingerprint density at radius 1 is 0.800 bits per heavy atom. The molecule has 0 aliphatic heterocycles. The third kappa shape index (κ3) is 4.35. The molecule has 2 aromatic carbocycles. The molecule has 126 valence electrons. The number of para-hydroxylation sites is 1. The number of hydrazine groups is 1. The number of aryl methyl sites for hydroxylation is 1. The van der Waals surface area contributed by atoms with E-state index in [4.69, 9.17) is 0 Å². The summed E-state index contributed by atoms with van der Waals surface area (Å²) in [5.41, 5.74) is 7.29. The Morgan fingerprint density at radius 2 is 1.48 bits per heavy atom. The molecule has 0 spiro atoms. The molecule has 0 saturated carbocycles. The SMILES string of the molecule is O=C(CCc1ccccc1)NNC(=O)c1ccccc1-n1cccc1. The van der Waals surface area contributed by atoms with Gasteiger partial charge in [-0.15, -0.1) is 0 Å². The molecule has 2 N–H and O–H groups in total. The number of hydrogen-bond donors (Lipinski definition) is 2. The minimum Gasteiger partial charge on any atom is -0.323 e. The van der Waals surface area contributed by atoms with Crippen LogP contribution in [0.3, 0.4) is 0 Å². The molecule has 1 heterocycles. The summed E-state index contributed by atoms with van der Waals surface area (Å²) in [6.07, 6.45) is 4.67. The first kappa shape index (κ1) is 16.5. The van der Waals surface area contributed by atoms with Gasteiger partial charge in [0.15, 0.2) is 0 Å². The number of nitrogens with one attached hydrogen (secondary N) is 2. The molecule has 25 heavy (non-hydrogen) atoms. The van der Waals surface area contributed by atoms with E-state index in [9.17, 15) is 9.59 Å². The first-order valence-corrected chi connectivity index (χ1v) is 8.09. The molecule has 0 aliphatic rings. The van der Waals surface area contributed by atoms with Gasteiger partial charge in [0, 0.05) is 18.8 Å². The van der Waals surface area contributed by atoms with Crippen molar-refractivity contribution in [1.82, 2.24) is 15.4 Å². The van der Waals surface area contributed by atoms with Gasteiger partial charge >= 0.3 is 0 Å². The van der Waals surface area contributed by atoms with E-state index in [0.29, 0.717) is 18.4 Å². The van der Waals surface area contributed by atoms with Gasteiger partial charge in [0.05, 0.1) is 11.3 Å². The van der Waals surface area contributed by atoms with Gasteiger partial charge in [-0.3, -0.25) is 20.4 Å². The van der Waals surface area contributed by atoms with E-state index in [1.54, 1.807) is 12.1 Å². The predicted octanol–water partition coefficient (Wildman–Crippen LogP) is 2.87. The molecule has 3 rings (SSSR count). The normalized spacial score (nSPS) is 10.2. The molecule has 0 atom stereocenters. The van der Waals surface area contributed by atoms with Crippen LogP contribution in [0.2, 0.25) is 0 Å². The van der Waals surface area contributed by atoms with Crippen molar-refractivity contribution in [1.29, 1.82) is 0 Å². The highest BCUT2D eigenvalue weighted by Gasteiger charge is 2.12. The van der Waals surface area contributed by atoms with Crippen molar-refractivity contribution in [3.63, 3.8) is 0 Å². The second kappa shape index (κ2) is 7.97. The third-order valence-electron chi connectivity index (χ3n) is 3.83. The Morgan fingerprint density at radius 3 is 2.24 bits per heavy atom. The number of amides is 2. The van der Waals surface area contributed by atoms with Gasteiger partial charge in [-0.05, 0) is 36.2 Å². The second-order valence-electron chi connectivity index (χ2n) is 5.60. The Labute approximate surface area is 146 Å². The summed E-state index contributed by atoms with van der Waals surface area (Å²) in [6.45, 7) is 0. The van der Waals surface area contributed by atoms with E-state index in [-0.39, 0.29) is 11.8 Å². The van der Waals surface area contributed by atoms with E-state index in [2.05, 4.69) is 10.9 Å². The number of carbonyl (C=O) groups excluding carboxylic acids is 2. The zero-order valence-corrected chi connectivity index (χ0v) is 13.7. The van der Waals surface area contributed by atoms with Crippen LogP contribution in [0.15, 0.2) is 79.1 Å². The summed E-state index contributed by atoms with van der Waals surface area (Å²) in [4.78, 5) is 24.3. The van der Waals surface area contributed by atoms with Crippen molar-refractivity contribution in [3.05, 3.63) is 90.3 Å². The van der Waals surface area contributed by atoms with Crippen molar-refractivity contribution in [2.75, 3.05) is 0 Å². The first-order valence-electron chi connectivity index (χ1n) is 8.09. The fourth-order valence-corrected chi connectivity index (χ4v) is 2.54. The predicted molar refractivity (Wildman–Crippen MR) is 96.1 cm³/mol. The lowest BCUT2D eigenvalue weighted by molar-refractivity contribution is -0.121. The van der Waals surface area contributed by atoms with Gasteiger partial charge in [0.2, 0.25) is 5.91 Å². The summed E-state index contributed by atoms with van der Waals surface area (Å²) < 4.78 is 1.85. The molecule has 5 nitrogen and oxygen atoms in total. The van der Waals surface area contributed by atoms with E-state index in [1.165, 1.54) is 0 Å². The monoisotopic (exact) mass is 333 g/mol. The quantitative estimate of drug-likeness (QED) is 0.705. The van der Waals surface area contributed by atoms with E-state index in [1.807, 2.05) is 71.6 Å². The molecule has 2 amide bonds. The van der Waals surface area contributed by atoms with Gasteiger partial charge in [-0.1, -0.05) is 42.5 Å². The number of carbonyl (C=O) groups is 2. The number of aromatic nitrogens is 1. The van der Waals surface area contributed by atoms with Gasteiger partial charge in [0.1, 0.15) is 0 Å². The minimum absolute atomic E-state index is 0.226. The molecule has 0 saturated heterocycles. The molecule has 0 unspecified atom stereocenters. The average Bonchev–Trinajstić information content (AvgIpc) is 3.20. The van der Waals surface area contributed by atoms with Crippen LogP contribution in [0.5, 0.6) is 0 Å². The zero-order valence-electron chi connectivity index (χ0n) is 13.7. The van der Waals surface area contributed by atoms with Crippen LogP contribution in [-0.2, 0) is 11.2 Å². The van der Waals surface area contributed by atoms with E-state index >= 15 is 0 Å². The topological polar surface area (TPSA) is 63.1 Å². The van der Waals surface area contributed by atoms with Gasteiger partial charge in [-0.2, -0.15) is 0 Å². The summed E-state index contributed by atoms with van der Waals surface area (Å²) in [6, 6.07) is 20.8. The maximum atomic E-state index is 12.4. The lowest BCUT2D eigenvalue weighted by Crippen LogP contribution is -2.42. The van der Waals surface area contributed by atoms with Crippen LogP contribution in [-0.4, -0.2) is 16.4 Å². The first-order chi connectivity index (χ1) is 12.2. The Kier molecular flexibility index (Phi) is 5.26. The number of benzene rings is 2. The molecular weight excluding hydrogens is 314 g/mol. The smallest absolute Gasteiger partial charge is 0.271 e. The minimum atomic E-state index is -0.350. The summed E-state index contributed by atoms with van der Waals surface area (Å²) in [7, 11) is 0. The maximum absolute atomic E-state index is 12.4. The Bertz CT molecular complexity index is 842. The van der Waals surface area contributed by atoms with Crippen molar-refractivity contribution in [2.24, 2.45) is 0 Å². The average molecular weight is 333 g/mol. The lowest BCUT2D eigenvalue weighted by Gasteiger charge is -2.12. The molecular formula is C20H19N3O2. The lowest BCUT2D eigenvalue weighted by atomic mass is 10.1.